The minimum absolute atomic E-state index is 0.0983. The van der Waals surface area contributed by atoms with Gasteiger partial charge >= 0.3 is 6.18 Å². The molecular weight excluding hydrogens is 480 g/mol. The Morgan fingerprint density at radius 2 is 1.85 bits per heavy atom. The van der Waals surface area contributed by atoms with E-state index < -0.39 is 41.1 Å². The zero-order chi connectivity index (χ0) is 24.5. The molecule has 0 bridgehead atoms. The maximum Gasteiger partial charge on any atom is 0.435 e. The highest BCUT2D eigenvalue weighted by atomic mass is 35.5. The van der Waals surface area contributed by atoms with Crippen LogP contribution >= 0.6 is 11.6 Å². The lowest BCUT2D eigenvalue weighted by Gasteiger charge is -2.31. The fourth-order valence-corrected chi connectivity index (χ4v) is 3.76. The van der Waals surface area contributed by atoms with E-state index in [1.54, 1.807) is 6.07 Å². The molecule has 0 spiro atoms. The predicted molar refractivity (Wildman–Crippen MR) is 113 cm³/mol. The molecule has 1 N–H and O–H groups in total. The van der Waals surface area contributed by atoms with Gasteiger partial charge in [-0.15, -0.1) is 5.10 Å². The number of benzene rings is 1. The third kappa shape index (κ3) is 5.01. The largest absolute Gasteiger partial charge is 0.435 e. The number of piperidine rings is 1. The summed E-state index contributed by atoms with van der Waals surface area (Å²) in [5, 5.41) is 9.99. The van der Waals surface area contributed by atoms with Gasteiger partial charge in [0.15, 0.2) is 11.4 Å². The molecule has 8 nitrogen and oxygen atoms in total. The van der Waals surface area contributed by atoms with E-state index >= 15 is 0 Å². The summed E-state index contributed by atoms with van der Waals surface area (Å²) in [4.78, 5) is 30.8. The molecule has 3 heterocycles. The first-order valence-electron chi connectivity index (χ1n) is 10.1. The van der Waals surface area contributed by atoms with Crippen LogP contribution in [0.5, 0.6) is 0 Å². The molecule has 1 aliphatic heterocycles. The predicted octanol–water partition coefficient (Wildman–Crippen LogP) is 3.96. The second-order valence-electron chi connectivity index (χ2n) is 7.61. The number of carbonyl (C=O) groups excluding carboxylic acids is 2. The van der Waals surface area contributed by atoms with Gasteiger partial charge in [-0.1, -0.05) is 16.8 Å². The zero-order valence-corrected chi connectivity index (χ0v) is 18.1. The molecule has 0 radical (unpaired) electrons. The van der Waals surface area contributed by atoms with E-state index in [9.17, 15) is 27.2 Å². The molecule has 0 aliphatic carbocycles. The summed E-state index contributed by atoms with van der Waals surface area (Å²) in [6, 6.07) is 7.20. The number of carbonyl (C=O) groups is 2. The number of nitrogens with one attached hydrogen (secondary N) is 1. The van der Waals surface area contributed by atoms with Crippen molar-refractivity contribution in [3.05, 3.63) is 64.8 Å². The number of halogens is 5. The van der Waals surface area contributed by atoms with E-state index in [1.165, 1.54) is 12.3 Å². The second kappa shape index (κ2) is 9.37. The third-order valence-electron chi connectivity index (χ3n) is 5.27. The van der Waals surface area contributed by atoms with Crippen LogP contribution < -0.4 is 5.32 Å². The van der Waals surface area contributed by atoms with Crippen molar-refractivity contribution in [3.8, 4) is 5.69 Å². The summed E-state index contributed by atoms with van der Waals surface area (Å²) in [6.45, 7) is 0.0570. The Hall–Kier alpha value is -3.54. The summed E-state index contributed by atoms with van der Waals surface area (Å²) < 4.78 is 55.3. The Balaban J connectivity index is 1.55. The first-order chi connectivity index (χ1) is 16.1. The molecule has 13 heteroatoms. The van der Waals surface area contributed by atoms with Crippen LogP contribution in [0.1, 0.15) is 29.0 Å². The van der Waals surface area contributed by atoms with Crippen molar-refractivity contribution in [2.24, 2.45) is 5.92 Å². The van der Waals surface area contributed by atoms with Crippen molar-refractivity contribution >= 4 is 29.2 Å². The number of amides is 2. The third-order valence-corrected chi connectivity index (χ3v) is 5.49. The molecule has 1 aromatic carbocycles. The average Bonchev–Trinajstić information content (AvgIpc) is 3.26. The highest BCUT2D eigenvalue weighted by molar-refractivity contribution is 6.30. The van der Waals surface area contributed by atoms with E-state index in [-0.39, 0.29) is 24.6 Å². The fourth-order valence-electron chi connectivity index (χ4n) is 3.65. The number of aromatic nitrogens is 4. The number of pyridine rings is 1. The van der Waals surface area contributed by atoms with E-state index in [2.05, 4.69) is 20.6 Å². The molecule has 34 heavy (non-hydrogen) atoms. The van der Waals surface area contributed by atoms with Gasteiger partial charge in [-0.2, -0.15) is 13.2 Å². The molecule has 2 aromatic heterocycles. The van der Waals surface area contributed by atoms with Gasteiger partial charge in [0.1, 0.15) is 11.6 Å². The molecule has 1 atom stereocenters. The number of likely N-dealkylation sites (tertiary alicyclic amines) is 1. The normalized spacial score (nSPS) is 16.4. The number of nitrogens with zero attached hydrogens (tertiary/aromatic N) is 5. The van der Waals surface area contributed by atoms with Gasteiger partial charge in [-0.3, -0.25) is 9.59 Å². The average molecular weight is 497 g/mol. The first-order valence-corrected chi connectivity index (χ1v) is 10.5. The Morgan fingerprint density at radius 1 is 1.12 bits per heavy atom. The molecule has 4 rings (SSSR count). The number of rotatable bonds is 4. The number of hydrogen-bond donors (Lipinski definition) is 1. The zero-order valence-electron chi connectivity index (χ0n) is 17.4. The molecule has 3 aromatic rings. The summed E-state index contributed by atoms with van der Waals surface area (Å²) in [5.74, 6) is -2.45. The van der Waals surface area contributed by atoms with Gasteiger partial charge in [0, 0.05) is 19.3 Å². The van der Waals surface area contributed by atoms with E-state index in [0.717, 1.165) is 29.2 Å². The number of anilines is 1. The summed E-state index contributed by atoms with van der Waals surface area (Å²) in [5.41, 5.74) is -2.37. The molecule has 1 fully saturated rings. The van der Waals surface area contributed by atoms with Crippen molar-refractivity contribution in [1.82, 2.24) is 24.9 Å². The Kier molecular flexibility index (Phi) is 6.51. The molecule has 0 saturated carbocycles. The molecule has 178 valence electrons. The van der Waals surface area contributed by atoms with Crippen molar-refractivity contribution in [3.63, 3.8) is 0 Å². The van der Waals surface area contributed by atoms with Crippen LogP contribution in [0.4, 0.5) is 23.4 Å². The van der Waals surface area contributed by atoms with Crippen molar-refractivity contribution in [2.75, 3.05) is 18.4 Å². The molecule has 2 amide bonds. The lowest BCUT2D eigenvalue weighted by molar-refractivity contribution is -0.143. The maximum atomic E-state index is 13.9. The van der Waals surface area contributed by atoms with Crippen molar-refractivity contribution in [1.29, 1.82) is 0 Å². The van der Waals surface area contributed by atoms with Gasteiger partial charge in [0.2, 0.25) is 5.91 Å². The molecule has 1 saturated heterocycles. The minimum Gasteiger partial charge on any atom is -0.336 e. The SMILES string of the molecule is O=C(Nc1ccc(Cl)cn1)C1CCCN(C(=O)c2nnn(-c3ccc(F)cc3)c2C(F)(F)F)C1. The molecule has 1 aliphatic rings. The number of hydrogen-bond acceptors (Lipinski definition) is 5. The van der Waals surface area contributed by atoms with Gasteiger partial charge in [0.25, 0.3) is 5.91 Å². The highest BCUT2D eigenvalue weighted by Gasteiger charge is 2.43. The fraction of sp³-hybridized carbons (Fsp3) is 0.286. The van der Waals surface area contributed by atoms with Gasteiger partial charge in [0.05, 0.1) is 16.6 Å². The second-order valence-corrected chi connectivity index (χ2v) is 8.05. The summed E-state index contributed by atoms with van der Waals surface area (Å²) in [7, 11) is 0. The smallest absolute Gasteiger partial charge is 0.336 e. The monoisotopic (exact) mass is 496 g/mol. The maximum absolute atomic E-state index is 13.9. The lowest BCUT2D eigenvalue weighted by Crippen LogP contribution is -2.44. The topological polar surface area (TPSA) is 93.0 Å². The van der Waals surface area contributed by atoms with E-state index in [4.69, 9.17) is 11.6 Å². The van der Waals surface area contributed by atoms with Crippen LogP contribution in [0.25, 0.3) is 5.69 Å². The van der Waals surface area contributed by atoms with E-state index in [1.807, 2.05) is 0 Å². The minimum atomic E-state index is -4.96. The Morgan fingerprint density at radius 3 is 2.50 bits per heavy atom. The lowest BCUT2D eigenvalue weighted by atomic mass is 9.96. The standard InChI is InChI=1S/C21H17ClF4N6O2/c22-13-3-8-16(27-10-13)28-19(33)12-2-1-9-31(11-12)20(34)17-18(21(24,25)26)32(30-29-17)15-6-4-14(23)5-7-15/h3-8,10,12H,1-2,9,11H2,(H,27,28,33). The van der Waals surface area contributed by atoms with Crippen LogP contribution in [-0.2, 0) is 11.0 Å². The van der Waals surface area contributed by atoms with Crippen LogP contribution in [0.2, 0.25) is 5.02 Å². The summed E-state index contributed by atoms with van der Waals surface area (Å²) in [6.07, 6.45) is -2.75. The van der Waals surface area contributed by atoms with Gasteiger partial charge in [-0.05, 0) is 49.2 Å². The highest BCUT2D eigenvalue weighted by Crippen LogP contribution is 2.34. The summed E-state index contributed by atoms with van der Waals surface area (Å²) >= 11 is 5.77. The van der Waals surface area contributed by atoms with Crippen LogP contribution in [-0.4, -0.2) is 49.8 Å². The molecule has 1 unspecified atom stereocenters. The van der Waals surface area contributed by atoms with Gasteiger partial charge in [-0.25, -0.2) is 14.1 Å². The molecular formula is C21H17ClF4N6O2. The van der Waals surface area contributed by atoms with Crippen LogP contribution in [0, 0.1) is 11.7 Å². The van der Waals surface area contributed by atoms with Crippen LogP contribution in [0.3, 0.4) is 0 Å². The Bertz CT molecular complexity index is 1200. The Labute approximate surface area is 195 Å². The first kappa shape index (κ1) is 23.6. The van der Waals surface area contributed by atoms with Crippen molar-refractivity contribution < 1.29 is 27.2 Å². The number of alkyl halides is 3. The quantitative estimate of drug-likeness (QED) is 0.552. The van der Waals surface area contributed by atoms with E-state index in [0.29, 0.717) is 22.5 Å². The van der Waals surface area contributed by atoms with Gasteiger partial charge < -0.3 is 10.2 Å². The van der Waals surface area contributed by atoms with Crippen LogP contribution in [0.15, 0.2) is 42.6 Å². The van der Waals surface area contributed by atoms with Crippen molar-refractivity contribution in [2.45, 2.75) is 19.0 Å².